The third-order valence-corrected chi connectivity index (χ3v) is 5.69. The van der Waals surface area contributed by atoms with Crippen LogP contribution in [0.4, 0.5) is 0 Å². The molecule has 1 aliphatic heterocycles. The molecule has 1 unspecified atom stereocenters. The van der Waals surface area contributed by atoms with Crippen molar-refractivity contribution in [2.75, 3.05) is 6.54 Å². The van der Waals surface area contributed by atoms with E-state index in [0.717, 1.165) is 24.8 Å². The number of hydrogen-bond acceptors (Lipinski definition) is 5. The van der Waals surface area contributed by atoms with Gasteiger partial charge in [0.2, 0.25) is 0 Å². The van der Waals surface area contributed by atoms with Gasteiger partial charge in [-0.2, -0.15) is 0 Å². The van der Waals surface area contributed by atoms with Crippen LogP contribution in [0.3, 0.4) is 0 Å². The predicted molar refractivity (Wildman–Crippen MR) is 118 cm³/mol. The molecule has 1 amide bonds. The van der Waals surface area contributed by atoms with Gasteiger partial charge in [0.1, 0.15) is 6.23 Å². The van der Waals surface area contributed by atoms with E-state index in [1.807, 2.05) is 12.1 Å². The van der Waals surface area contributed by atoms with Crippen LogP contribution in [0.2, 0.25) is 0 Å². The van der Waals surface area contributed by atoms with Gasteiger partial charge in [0.15, 0.2) is 11.5 Å². The molecule has 3 atom stereocenters. The minimum Gasteiger partial charge on any atom is -0.376 e. The zero-order chi connectivity index (χ0) is 21.8. The maximum absolute atomic E-state index is 13.4. The molecule has 2 aromatic rings. The molecule has 1 aromatic carbocycles. The Balaban J connectivity index is 1.82. The molecule has 0 aliphatic carbocycles. The van der Waals surface area contributed by atoms with Crippen LogP contribution in [0.1, 0.15) is 63.5 Å². The average Bonchev–Trinajstić information content (AvgIpc) is 3.19. The van der Waals surface area contributed by atoms with E-state index in [9.17, 15) is 9.90 Å². The summed E-state index contributed by atoms with van der Waals surface area (Å²) in [5, 5.41) is 18.1. The molecule has 0 bridgehead atoms. The summed E-state index contributed by atoms with van der Waals surface area (Å²) in [7, 11) is 0. The van der Waals surface area contributed by atoms with Gasteiger partial charge in [-0.15, -0.1) is 0 Å². The summed E-state index contributed by atoms with van der Waals surface area (Å²) in [4.78, 5) is 15.2. The molecule has 1 aromatic heterocycles. The highest BCUT2D eigenvalue weighted by molar-refractivity contribution is 5.93. The number of rotatable bonds is 7. The normalized spacial score (nSPS) is 22.1. The number of aryl methyl sites for hydroxylation is 1. The highest BCUT2D eigenvalue weighted by atomic mass is 16.5. The number of nitrogens with one attached hydrogen (secondary N) is 1. The van der Waals surface area contributed by atoms with Gasteiger partial charge in [-0.05, 0) is 36.7 Å². The number of piperazine rings is 1. The molecule has 1 fully saturated rings. The van der Waals surface area contributed by atoms with Crippen LogP contribution >= 0.6 is 0 Å². The number of carbonyl (C=O) groups excluding carboxylic acids is 1. The molecule has 1 saturated heterocycles. The lowest BCUT2D eigenvalue weighted by atomic mass is 9.94. The molecule has 30 heavy (non-hydrogen) atoms. The summed E-state index contributed by atoms with van der Waals surface area (Å²) in [5.74, 6) is 1.22. The van der Waals surface area contributed by atoms with E-state index in [1.165, 1.54) is 5.56 Å². The number of nitrogens with zero attached hydrogens (tertiary/aromatic N) is 2. The molecular weight excluding hydrogens is 378 g/mol. The van der Waals surface area contributed by atoms with Crippen LogP contribution in [0.5, 0.6) is 0 Å². The number of hydrogen-bond donors (Lipinski definition) is 2. The Morgan fingerprint density at radius 1 is 1.20 bits per heavy atom. The van der Waals surface area contributed by atoms with Crippen molar-refractivity contribution in [1.82, 2.24) is 15.4 Å². The minimum absolute atomic E-state index is 0.0559. The molecule has 0 spiro atoms. The molecule has 2 N–H and O–H groups in total. The Bertz CT molecular complexity index is 828. The van der Waals surface area contributed by atoms with Crippen molar-refractivity contribution >= 4 is 5.91 Å². The lowest BCUT2D eigenvalue weighted by Gasteiger charge is -2.44. The molecule has 3 rings (SSSR count). The SMILES string of the molecule is CCc1ccc(-c2cc(C(=O)N3C[C@H](CC(C)C)NC(O)[C@@H]3CC(C)C)no2)cc1. The standard InChI is InChI=1S/C24H35N3O3/c1-6-17-7-9-18(10-8-17)22-13-20(26-30-22)24(29)27-14-19(11-15(2)3)25-23(28)21(27)12-16(4)5/h7-10,13,15-16,19,21,23,25,28H,6,11-12,14H2,1-5H3/t19-,21-,23?/m0/s1. The van der Waals surface area contributed by atoms with E-state index in [4.69, 9.17) is 4.52 Å². The van der Waals surface area contributed by atoms with Crippen molar-refractivity contribution in [3.05, 3.63) is 41.6 Å². The molecule has 164 valence electrons. The van der Waals surface area contributed by atoms with Crippen molar-refractivity contribution < 1.29 is 14.4 Å². The monoisotopic (exact) mass is 413 g/mol. The number of amides is 1. The van der Waals surface area contributed by atoms with E-state index in [1.54, 1.807) is 11.0 Å². The van der Waals surface area contributed by atoms with Crippen molar-refractivity contribution in [2.24, 2.45) is 11.8 Å². The highest BCUT2D eigenvalue weighted by Crippen LogP contribution is 2.26. The molecular formula is C24H35N3O3. The molecule has 2 heterocycles. The first-order valence-corrected chi connectivity index (χ1v) is 11.1. The summed E-state index contributed by atoms with van der Waals surface area (Å²) < 4.78 is 5.50. The predicted octanol–water partition coefficient (Wildman–Crippen LogP) is 4.10. The van der Waals surface area contributed by atoms with Crippen LogP contribution in [0.15, 0.2) is 34.9 Å². The Labute approximate surface area is 179 Å². The van der Waals surface area contributed by atoms with Crippen LogP contribution in [-0.4, -0.2) is 45.9 Å². The van der Waals surface area contributed by atoms with E-state index in [2.05, 4.69) is 57.2 Å². The van der Waals surface area contributed by atoms with Gasteiger partial charge >= 0.3 is 0 Å². The summed E-state index contributed by atoms with van der Waals surface area (Å²) >= 11 is 0. The van der Waals surface area contributed by atoms with Gasteiger partial charge < -0.3 is 14.5 Å². The van der Waals surface area contributed by atoms with Crippen LogP contribution in [0.25, 0.3) is 11.3 Å². The second kappa shape index (κ2) is 9.75. The van der Waals surface area contributed by atoms with E-state index >= 15 is 0 Å². The molecule has 6 nitrogen and oxygen atoms in total. The number of aromatic nitrogens is 1. The van der Waals surface area contributed by atoms with Crippen LogP contribution < -0.4 is 5.32 Å². The third kappa shape index (κ3) is 5.29. The number of aliphatic hydroxyl groups excluding tert-OH is 1. The second-order valence-corrected chi connectivity index (χ2v) is 9.22. The Morgan fingerprint density at radius 2 is 1.87 bits per heavy atom. The summed E-state index contributed by atoms with van der Waals surface area (Å²) in [6.45, 7) is 11.2. The zero-order valence-electron chi connectivity index (χ0n) is 18.8. The summed E-state index contributed by atoms with van der Waals surface area (Å²) in [6.07, 6.45) is 1.84. The van der Waals surface area contributed by atoms with Gasteiger partial charge in [0.25, 0.3) is 5.91 Å². The number of benzene rings is 1. The number of carbonyl (C=O) groups is 1. The van der Waals surface area contributed by atoms with Gasteiger partial charge in [-0.3, -0.25) is 10.1 Å². The first-order valence-electron chi connectivity index (χ1n) is 11.1. The highest BCUT2D eigenvalue weighted by Gasteiger charge is 2.39. The average molecular weight is 414 g/mol. The van der Waals surface area contributed by atoms with E-state index in [-0.39, 0.29) is 23.7 Å². The van der Waals surface area contributed by atoms with Crippen molar-refractivity contribution in [1.29, 1.82) is 0 Å². The maximum Gasteiger partial charge on any atom is 0.276 e. The fourth-order valence-electron chi connectivity index (χ4n) is 4.20. The van der Waals surface area contributed by atoms with Gasteiger partial charge in [-0.1, -0.05) is 64.0 Å². The van der Waals surface area contributed by atoms with Crippen LogP contribution in [0, 0.1) is 11.8 Å². The number of aliphatic hydroxyl groups is 1. The Kier molecular flexibility index (Phi) is 7.32. The molecule has 0 saturated carbocycles. The summed E-state index contributed by atoms with van der Waals surface area (Å²) in [6, 6.07) is 9.57. The fourth-order valence-corrected chi connectivity index (χ4v) is 4.20. The minimum atomic E-state index is -0.748. The van der Waals surface area contributed by atoms with Crippen molar-refractivity contribution in [2.45, 2.75) is 72.2 Å². The van der Waals surface area contributed by atoms with Crippen molar-refractivity contribution in [3.8, 4) is 11.3 Å². The third-order valence-electron chi connectivity index (χ3n) is 5.69. The van der Waals surface area contributed by atoms with Gasteiger partial charge in [0, 0.05) is 24.2 Å². The second-order valence-electron chi connectivity index (χ2n) is 9.22. The van der Waals surface area contributed by atoms with Gasteiger partial charge in [0.05, 0.1) is 6.04 Å². The first kappa shape index (κ1) is 22.5. The van der Waals surface area contributed by atoms with E-state index in [0.29, 0.717) is 24.1 Å². The fraction of sp³-hybridized carbons (Fsp3) is 0.583. The zero-order valence-corrected chi connectivity index (χ0v) is 18.8. The molecule has 1 aliphatic rings. The smallest absolute Gasteiger partial charge is 0.276 e. The van der Waals surface area contributed by atoms with Gasteiger partial charge in [-0.25, -0.2) is 0 Å². The maximum atomic E-state index is 13.4. The largest absolute Gasteiger partial charge is 0.376 e. The van der Waals surface area contributed by atoms with Crippen molar-refractivity contribution in [3.63, 3.8) is 0 Å². The Morgan fingerprint density at radius 3 is 2.47 bits per heavy atom. The summed E-state index contributed by atoms with van der Waals surface area (Å²) in [5.41, 5.74) is 2.43. The van der Waals surface area contributed by atoms with Crippen LogP contribution in [-0.2, 0) is 6.42 Å². The lowest BCUT2D eigenvalue weighted by molar-refractivity contribution is -0.0248. The quantitative estimate of drug-likeness (QED) is 0.715. The molecule has 0 radical (unpaired) electrons. The van der Waals surface area contributed by atoms with E-state index < -0.39 is 6.23 Å². The Hall–Kier alpha value is -2.18. The molecule has 6 heteroatoms. The topological polar surface area (TPSA) is 78.6 Å². The first-order chi connectivity index (χ1) is 14.3. The lowest BCUT2D eigenvalue weighted by Crippen LogP contribution is -2.64.